The van der Waals surface area contributed by atoms with Crippen molar-refractivity contribution in [1.82, 2.24) is 0 Å². The Morgan fingerprint density at radius 3 is 2.69 bits per heavy atom. The number of allylic oxidation sites excluding steroid dienone is 1. The zero-order chi connectivity index (χ0) is 12.1. The van der Waals surface area contributed by atoms with Gasteiger partial charge in [-0.2, -0.15) is 0 Å². The van der Waals surface area contributed by atoms with Gasteiger partial charge in [-0.1, -0.05) is 26.2 Å². The van der Waals surface area contributed by atoms with Crippen LogP contribution in [0.15, 0.2) is 20.8 Å². The monoisotopic (exact) mass is 352 g/mol. The van der Waals surface area contributed by atoms with E-state index in [1.807, 2.05) is 0 Å². The summed E-state index contributed by atoms with van der Waals surface area (Å²) < 4.78 is 5.53. The summed E-state index contributed by atoms with van der Waals surface area (Å²) in [5.74, 6) is -0.0510. The Kier molecular flexibility index (Phi) is 5.72. The van der Waals surface area contributed by atoms with Gasteiger partial charge < -0.3 is 9.84 Å². The third-order valence-electron chi connectivity index (χ3n) is 2.35. The molecule has 3 nitrogen and oxygen atoms in total. The molecule has 0 aliphatic carbocycles. The molecule has 1 unspecified atom stereocenters. The standard InChI is InChI=1S/C11H14Br2O3/c1-2-3-4-5-8(14)7-6-9(10(12)13)16-11(7)15/h6,8,14H,2-5H2,1H3. The lowest BCUT2D eigenvalue weighted by Crippen LogP contribution is -2.15. The molecular formula is C11H14Br2O3. The molecule has 0 spiro atoms. The van der Waals surface area contributed by atoms with Crippen LogP contribution in [0, 0.1) is 0 Å². The second kappa shape index (κ2) is 6.57. The fraction of sp³-hybridized carbons (Fsp3) is 0.545. The third kappa shape index (κ3) is 3.71. The quantitative estimate of drug-likeness (QED) is 0.608. The van der Waals surface area contributed by atoms with Crippen LogP contribution in [0.3, 0.4) is 0 Å². The summed E-state index contributed by atoms with van der Waals surface area (Å²) in [7, 11) is 0. The Bertz CT molecular complexity index is 330. The van der Waals surface area contributed by atoms with Gasteiger partial charge in [-0.25, -0.2) is 4.79 Å². The second-order valence-electron chi connectivity index (χ2n) is 3.63. The number of carbonyl (C=O) groups is 1. The summed E-state index contributed by atoms with van der Waals surface area (Å²) in [6.45, 7) is 2.10. The maximum Gasteiger partial charge on any atom is 0.342 e. The van der Waals surface area contributed by atoms with E-state index >= 15 is 0 Å². The normalized spacial score (nSPS) is 17.1. The molecule has 0 aromatic rings. The molecule has 0 saturated heterocycles. The van der Waals surface area contributed by atoms with Crippen molar-refractivity contribution in [2.45, 2.75) is 38.7 Å². The molecular weight excluding hydrogens is 340 g/mol. The number of unbranched alkanes of at least 4 members (excludes halogenated alkanes) is 2. The predicted molar refractivity (Wildman–Crippen MR) is 69.2 cm³/mol. The maximum absolute atomic E-state index is 11.4. The number of cyclic esters (lactones) is 1. The zero-order valence-electron chi connectivity index (χ0n) is 9.00. The van der Waals surface area contributed by atoms with E-state index in [9.17, 15) is 9.90 Å². The highest BCUT2D eigenvalue weighted by Crippen LogP contribution is 2.29. The SMILES string of the molecule is CCCCCC(O)C1=CC(=C(Br)Br)OC1=O. The number of halogens is 2. The topological polar surface area (TPSA) is 46.5 Å². The van der Waals surface area contributed by atoms with Crippen LogP contribution in [0.1, 0.15) is 32.6 Å². The maximum atomic E-state index is 11.4. The molecule has 1 N–H and O–H groups in total. The van der Waals surface area contributed by atoms with Crippen molar-refractivity contribution in [1.29, 1.82) is 0 Å². The second-order valence-corrected chi connectivity index (χ2v) is 6.28. The minimum absolute atomic E-state index is 0.336. The van der Waals surface area contributed by atoms with Crippen molar-refractivity contribution in [2.24, 2.45) is 0 Å². The number of hydrogen-bond acceptors (Lipinski definition) is 3. The van der Waals surface area contributed by atoms with E-state index in [0.717, 1.165) is 19.3 Å². The van der Waals surface area contributed by atoms with E-state index in [1.54, 1.807) is 6.08 Å². The summed E-state index contributed by atoms with van der Waals surface area (Å²) in [5, 5.41) is 9.82. The molecule has 1 aliphatic heterocycles. The van der Waals surface area contributed by atoms with E-state index in [2.05, 4.69) is 38.8 Å². The van der Waals surface area contributed by atoms with Crippen LogP contribution in [0.25, 0.3) is 0 Å². The van der Waals surface area contributed by atoms with Crippen LogP contribution < -0.4 is 0 Å². The first kappa shape index (κ1) is 13.9. The van der Waals surface area contributed by atoms with E-state index < -0.39 is 12.1 Å². The summed E-state index contributed by atoms with van der Waals surface area (Å²) >= 11 is 6.32. The van der Waals surface area contributed by atoms with Gasteiger partial charge in [0.1, 0.15) is 3.39 Å². The summed E-state index contributed by atoms with van der Waals surface area (Å²) in [6, 6.07) is 0. The van der Waals surface area contributed by atoms with Gasteiger partial charge in [0.05, 0.1) is 11.7 Å². The largest absolute Gasteiger partial charge is 0.421 e. The van der Waals surface area contributed by atoms with Crippen LogP contribution in [0.5, 0.6) is 0 Å². The molecule has 16 heavy (non-hydrogen) atoms. The van der Waals surface area contributed by atoms with Gasteiger partial charge in [-0.05, 0) is 44.4 Å². The van der Waals surface area contributed by atoms with Gasteiger partial charge in [-0.15, -0.1) is 0 Å². The average Bonchev–Trinajstić information content (AvgIpc) is 2.61. The third-order valence-corrected chi connectivity index (χ3v) is 3.13. The first-order chi connectivity index (χ1) is 7.56. The van der Waals surface area contributed by atoms with Gasteiger partial charge in [0, 0.05) is 0 Å². The molecule has 1 heterocycles. The summed E-state index contributed by atoms with van der Waals surface area (Å²) in [6.07, 6.45) is 4.51. The van der Waals surface area contributed by atoms with Gasteiger partial charge in [0.25, 0.3) is 0 Å². The van der Waals surface area contributed by atoms with Crippen molar-refractivity contribution in [2.75, 3.05) is 0 Å². The molecule has 90 valence electrons. The molecule has 0 amide bonds. The van der Waals surface area contributed by atoms with Crippen LogP contribution in [0.4, 0.5) is 0 Å². The number of carbonyl (C=O) groups excluding carboxylic acids is 1. The lowest BCUT2D eigenvalue weighted by molar-refractivity contribution is -0.134. The van der Waals surface area contributed by atoms with Crippen molar-refractivity contribution in [3.8, 4) is 0 Å². The lowest BCUT2D eigenvalue weighted by atomic mass is 10.0. The van der Waals surface area contributed by atoms with Crippen LogP contribution in [-0.4, -0.2) is 17.2 Å². The molecule has 0 saturated carbocycles. The molecule has 0 radical (unpaired) electrons. The van der Waals surface area contributed by atoms with Crippen molar-refractivity contribution in [3.63, 3.8) is 0 Å². The van der Waals surface area contributed by atoms with E-state index in [-0.39, 0.29) is 0 Å². The first-order valence-electron chi connectivity index (χ1n) is 5.23. The van der Waals surface area contributed by atoms with Crippen molar-refractivity contribution in [3.05, 3.63) is 20.8 Å². The molecule has 0 aromatic carbocycles. The van der Waals surface area contributed by atoms with Gasteiger partial charge >= 0.3 is 5.97 Å². The smallest absolute Gasteiger partial charge is 0.342 e. The number of esters is 1. The number of ether oxygens (including phenoxy) is 1. The Balaban J connectivity index is 2.62. The summed E-state index contributed by atoms with van der Waals surface area (Å²) in [5.41, 5.74) is 0.336. The molecule has 1 rings (SSSR count). The van der Waals surface area contributed by atoms with Gasteiger partial charge in [0.15, 0.2) is 5.76 Å². The molecule has 0 fully saturated rings. The molecule has 5 heteroatoms. The number of aliphatic hydroxyl groups excluding tert-OH is 1. The highest BCUT2D eigenvalue weighted by Gasteiger charge is 2.27. The minimum Gasteiger partial charge on any atom is -0.421 e. The molecule has 0 bridgehead atoms. The fourth-order valence-corrected chi connectivity index (χ4v) is 1.85. The molecule has 0 aromatic heterocycles. The Hall–Kier alpha value is -0.130. The highest BCUT2D eigenvalue weighted by molar-refractivity contribution is 9.28. The number of aliphatic hydroxyl groups is 1. The average molecular weight is 354 g/mol. The zero-order valence-corrected chi connectivity index (χ0v) is 12.2. The van der Waals surface area contributed by atoms with Crippen LogP contribution in [-0.2, 0) is 9.53 Å². The minimum atomic E-state index is -0.726. The molecule has 1 aliphatic rings. The number of hydrogen-bond donors (Lipinski definition) is 1. The van der Waals surface area contributed by atoms with Crippen molar-refractivity contribution >= 4 is 37.8 Å². The Labute approximate surface area is 112 Å². The lowest BCUT2D eigenvalue weighted by Gasteiger charge is -2.08. The highest BCUT2D eigenvalue weighted by atomic mass is 79.9. The fourth-order valence-electron chi connectivity index (χ4n) is 1.46. The Morgan fingerprint density at radius 1 is 1.50 bits per heavy atom. The van der Waals surface area contributed by atoms with Crippen molar-refractivity contribution < 1.29 is 14.6 Å². The predicted octanol–water partition coefficient (Wildman–Crippen LogP) is 3.37. The van der Waals surface area contributed by atoms with Crippen LogP contribution >= 0.6 is 31.9 Å². The Morgan fingerprint density at radius 2 is 2.19 bits per heavy atom. The summed E-state index contributed by atoms with van der Waals surface area (Å²) in [4.78, 5) is 11.4. The van der Waals surface area contributed by atoms with E-state index in [4.69, 9.17) is 4.74 Å². The van der Waals surface area contributed by atoms with Crippen LogP contribution in [0.2, 0.25) is 0 Å². The van der Waals surface area contributed by atoms with E-state index in [1.165, 1.54) is 0 Å². The van der Waals surface area contributed by atoms with Gasteiger partial charge in [0.2, 0.25) is 0 Å². The first-order valence-corrected chi connectivity index (χ1v) is 6.82. The van der Waals surface area contributed by atoms with Gasteiger partial charge in [-0.3, -0.25) is 0 Å². The molecule has 1 atom stereocenters. The van der Waals surface area contributed by atoms with E-state index in [0.29, 0.717) is 21.1 Å². The number of rotatable bonds is 5.